The van der Waals surface area contributed by atoms with E-state index in [1.54, 1.807) is 19.5 Å². The van der Waals surface area contributed by atoms with Crippen LogP contribution in [0, 0.1) is 0 Å². The van der Waals surface area contributed by atoms with E-state index in [1.165, 1.54) is 11.1 Å². The standard InChI is InChI=1S/C20H18BrClN3O2P/c1-28(2,26)18-8-12(14-5-3-4-13-10-27-11-15(13)14)6-7-17(18)24-19-16(21)9-23-20(22)25-19/h3-9H,10-11H2,1-2H3,(H,23,24,25). The fourth-order valence-corrected chi connectivity index (χ4v) is 4.87. The summed E-state index contributed by atoms with van der Waals surface area (Å²) >= 11 is 9.34. The van der Waals surface area contributed by atoms with Crippen molar-refractivity contribution in [3.8, 4) is 11.1 Å². The number of fused-ring (bicyclic) bond motifs is 1. The Morgan fingerprint density at radius 2 is 2.04 bits per heavy atom. The van der Waals surface area contributed by atoms with E-state index in [0.717, 1.165) is 22.1 Å². The lowest BCUT2D eigenvalue weighted by molar-refractivity contribution is 0.134. The minimum atomic E-state index is -2.57. The zero-order valence-corrected chi connectivity index (χ0v) is 18.6. The minimum absolute atomic E-state index is 0.139. The Morgan fingerprint density at radius 3 is 2.82 bits per heavy atom. The molecule has 0 spiro atoms. The van der Waals surface area contributed by atoms with Crippen molar-refractivity contribution < 1.29 is 9.30 Å². The summed E-state index contributed by atoms with van der Waals surface area (Å²) in [6, 6.07) is 12.1. The van der Waals surface area contributed by atoms with Gasteiger partial charge in [0.2, 0.25) is 5.28 Å². The number of aromatic nitrogens is 2. The van der Waals surface area contributed by atoms with Gasteiger partial charge in [0.25, 0.3) is 0 Å². The Morgan fingerprint density at radius 1 is 1.21 bits per heavy atom. The number of nitrogens with zero attached hydrogens (tertiary/aromatic N) is 2. The van der Waals surface area contributed by atoms with Crippen molar-refractivity contribution in [3.63, 3.8) is 0 Å². The predicted molar refractivity (Wildman–Crippen MR) is 117 cm³/mol. The molecule has 2 aromatic carbocycles. The topological polar surface area (TPSA) is 64.1 Å². The fourth-order valence-electron chi connectivity index (χ4n) is 3.29. The van der Waals surface area contributed by atoms with Crippen LogP contribution in [0.1, 0.15) is 11.1 Å². The summed E-state index contributed by atoms with van der Waals surface area (Å²) in [5.41, 5.74) is 5.27. The first-order valence-corrected chi connectivity index (χ1v) is 12.4. The first-order chi connectivity index (χ1) is 13.3. The number of halogens is 2. The van der Waals surface area contributed by atoms with E-state index < -0.39 is 7.14 Å². The van der Waals surface area contributed by atoms with Gasteiger partial charge in [-0.3, -0.25) is 0 Å². The third-order valence-electron chi connectivity index (χ3n) is 4.63. The molecule has 0 amide bonds. The number of benzene rings is 2. The van der Waals surface area contributed by atoms with E-state index in [0.29, 0.717) is 23.5 Å². The summed E-state index contributed by atoms with van der Waals surface area (Å²) in [6.45, 7) is 4.76. The van der Waals surface area contributed by atoms with E-state index in [-0.39, 0.29) is 5.28 Å². The van der Waals surface area contributed by atoms with Crippen molar-refractivity contribution in [2.75, 3.05) is 18.6 Å². The van der Waals surface area contributed by atoms with Crippen LogP contribution in [-0.2, 0) is 22.5 Å². The Hall–Kier alpha value is -1.72. The molecule has 0 unspecified atom stereocenters. The number of ether oxygens (including phenoxy) is 1. The van der Waals surface area contributed by atoms with Gasteiger partial charge in [0, 0.05) is 11.5 Å². The smallest absolute Gasteiger partial charge is 0.224 e. The van der Waals surface area contributed by atoms with Crippen molar-refractivity contribution >= 4 is 51.5 Å². The molecule has 28 heavy (non-hydrogen) atoms. The molecule has 1 aromatic heterocycles. The Labute approximate surface area is 177 Å². The summed E-state index contributed by atoms with van der Waals surface area (Å²) in [5, 5.41) is 4.13. The monoisotopic (exact) mass is 477 g/mol. The molecule has 0 radical (unpaired) electrons. The van der Waals surface area contributed by atoms with Gasteiger partial charge in [-0.05, 0) is 75.2 Å². The van der Waals surface area contributed by atoms with Gasteiger partial charge in [-0.25, -0.2) is 4.98 Å². The lowest BCUT2D eigenvalue weighted by atomic mass is 9.97. The van der Waals surface area contributed by atoms with Crippen LogP contribution in [0.2, 0.25) is 5.28 Å². The van der Waals surface area contributed by atoms with Crippen LogP contribution in [0.5, 0.6) is 0 Å². The molecule has 0 fully saturated rings. The molecule has 144 valence electrons. The molecule has 4 rings (SSSR count). The second-order valence-electron chi connectivity index (χ2n) is 6.98. The summed E-state index contributed by atoms with van der Waals surface area (Å²) in [4.78, 5) is 8.15. The van der Waals surface area contributed by atoms with Crippen molar-refractivity contribution in [3.05, 3.63) is 63.5 Å². The maximum Gasteiger partial charge on any atom is 0.224 e. The highest BCUT2D eigenvalue weighted by Gasteiger charge is 2.21. The van der Waals surface area contributed by atoms with E-state index in [9.17, 15) is 4.57 Å². The molecule has 3 aromatic rings. The summed E-state index contributed by atoms with van der Waals surface area (Å²) in [7, 11) is -2.57. The van der Waals surface area contributed by atoms with Crippen LogP contribution in [0.4, 0.5) is 11.5 Å². The largest absolute Gasteiger partial charge is 0.372 e. The normalized spacial score (nSPS) is 13.4. The number of anilines is 2. The van der Waals surface area contributed by atoms with Crippen LogP contribution in [0.25, 0.3) is 11.1 Å². The number of rotatable bonds is 4. The molecular weight excluding hydrogens is 461 g/mol. The molecule has 1 aliphatic rings. The van der Waals surface area contributed by atoms with Crippen LogP contribution in [0.15, 0.2) is 47.1 Å². The second-order valence-corrected chi connectivity index (χ2v) is 11.4. The Kier molecular flexibility index (Phi) is 5.32. The fraction of sp³-hybridized carbons (Fsp3) is 0.200. The van der Waals surface area contributed by atoms with Crippen LogP contribution in [0.3, 0.4) is 0 Å². The first kappa shape index (κ1) is 19.6. The molecule has 5 nitrogen and oxygen atoms in total. The van der Waals surface area contributed by atoms with Crippen LogP contribution < -0.4 is 10.6 Å². The van der Waals surface area contributed by atoms with Crippen molar-refractivity contribution in [2.45, 2.75) is 13.2 Å². The molecule has 2 heterocycles. The predicted octanol–water partition coefficient (Wildman–Crippen LogP) is 5.58. The second kappa shape index (κ2) is 7.60. The van der Waals surface area contributed by atoms with Gasteiger partial charge in [0.05, 0.1) is 23.4 Å². The van der Waals surface area contributed by atoms with E-state index in [2.05, 4.69) is 43.3 Å². The first-order valence-electron chi connectivity index (χ1n) is 8.66. The Bertz CT molecular complexity index is 1120. The van der Waals surface area contributed by atoms with Crippen molar-refractivity contribution in [1.29, 1.82) is 0 Å². The molecule has 1 aliphatic heterocycles. The number of nitrogens with one attached hydrogen (secondary N) is 1. The van der Waals surface area contributed by atoms with Gasteiger partial charge in [0.15, 0.2) is 0 Å². The highest BCUT2D eigenvalue weighted by Crippen LogP contribution is 2.41. The van der Waals surface area contributed by atoms with Gasteiger partial charge in [-0.15, -0.1) is 0 Å². The van der Waals surface area contributed by atoms with Gasteiger partial charge < -0.3 is 14.6 Å². The lowest BCUT2D eigenvalue weighted by Crippen LogP contribution is -2.11. The van der Waals surface area contributed by atoms with E-state index >= 15 is 0 Å². The van der Waals surface area contributed by atoms with E-state index in [4.69, 9.17) is 16.3 Å². The molecule has 0 atom stereocenters. The summed E-state index contributed by atoms with van der Waals surface area (Å²) in [5.74, 6) is 0.524. The average molecular weight is 479 g/mol. The zero-order chi connectivity index (χ0) is 19.9. The minimum Gasteiger partial charge on any atom is -0.372 e. The number of hydrogen-bond acceptors (Lipinski definition) is 5. The maximum atomic E-state index is 13.1. The quantitative estimate of drug-likeness (QED) is 0.392. The van der Waals surface area contributed by atoms with Crippen molar-refractivity contribution in [2.24, 2.45) is 0 Å². The molecule has 1 N–H and O–H groups in total. The Balaban J connectivity index is 1.81. The SMILES string of the molecule is CP(C)(=O)c1cc(-c2cccc3c2COC3)ccc1Nc1nc(Cl)ncc1Br. The van der Waals surface area contributed by atoms with Gasteiger partial charge in [-0.2, -0.15) is 4.98 Å². The van der Waals surface area contributed by atoms with Gasteiger partial charge in [-0.1, -0.05) is 24.3 Å². The van der Waals surface area contributed by atoms with Crippen LogP contribution >= 0.6 is 34.7 Å². The summed E-state index contributed by atoms with van der Waals surface area (Å²) in [6.07, 6.45) is 1.58. The van der Waals surface area contributed by atoms with Gasteiger partial charge in [0.1, 0.15) is 13.0 Å². The third-order valence-corrected chi connectivity index (χ3v) is 6.93. The average Bonchev–Trinajstić information content (AvgIpc) is 3.13. The molecule has 0 aliphatic carbocycles. The lowest BCUT2D eigenvalue weighted by Gasteiger charge is -2.18. The van der Waals surface area contributed by atoms with E-state index in [1.807, 2.05) is 24.3 Å². The number of hydrogen-bond donors (Lipinski definition) is 1. The molecule has 0 saturated heterocycles. The van der Waals surface area contributed by atoms with Crippen LogP contribution in [-0.4, -0.2) is 23.3 Å². The molecule has 0 saturated carbocycles. The summed E-state index contributed by atoms with van der Waals surface area (Å²) < 4.78 is 19.3. The third kappa shape index (κ3) is 3.87. The molecule has 8 heteroatoms. The molecule has 0 bridgehead atoms. The molecular formula is C20H18BrClN3O2P. The highest BCUT2D eigenvalue weighted by atomic mass is 79.9. The van der Waals surface area contributed by atoms with Gasteiger partial charge >= 0.3 is 0 Å². The zero-order valence-electron chi connectivity index (χ0n) is 15.4. The highest BCUT2D eigenvalue weighted by molar-refractivity contribution is 9.10. The van der Waals surface area contributed by atoms with Crippen molar-refractivity contribution in [1.82, 2.24) is 9.97 Å². The maximum absolute atomic E-state index is 13.1.